The van der Waals surface area contributed by atoms with Crippen molar-refractivity contribution in [3.05, 3.63) is 23.5 Å². The van der Waals surface area contributed by atoms with E-state index in [0.29, 0.717) is 6.42 Å². The van der Waals surface area contributed by atoms with Crippen LogP contribution in [0.5, 0.6) is 0 Å². The van der Waals surface area contributed by atoms with Gasteiger partial charge in [-0.3, -0.25) is 0 Å². The predicted molar refractivity (Wildman–Crippen MR) is 53.2 cm³/mol. The fourth-order valence-corrected chi connectivity index (χ4v) is 0.897. The Bertz CT molecular complexity index is 218. The van der Waals surface area contributed by atoms with Gasteiger partial charge in [-0.2, -0.15) is 0 Å². The molecule has 3 N–H and O–H groups in total. The van der Waals surface area contributed by atoms with Gasteiger partial charge in [0.1, 0.15) is 0 Å². The zero-order chi connectivity index (χ0) is 9.40. The first-order chi connectivity index (χ1) is 5.76. The molecule has 0 heterocycles. The lowest BCUT2D eigenvalue weighted by atomic mass is 10.1. The first kappa shape index (κ1) is 10.6. The van der Waals surface area contributed by atoms with Crippen molar-refractivity contribution in [3.63, 3.8) is 0 Å². The first-order valence-corrected chi connectivity index (χ1v) is 4.02. The molecule has 0 atom stereocenters. The summed E-state index contributed by atoms with van der Waals surface area (Å²) in [6.07, 6.45) is 10.5. The molecule has 0 rings (SSSR count). The number of terminal acetylenes is 1. The lowest BCUT2D eigenvalue weighted by Gasteiger charge is -2.03. The van der Waals surface area contributed by atoms with Crippen molar-refractivity contribution in [2.45, 2.75) is 19.8 Å². The van der Waals surface area contributed by atoms with Crippen molar-refractivity contribution in [2.24, 2.45) is 5.73 Å². The molecule has 66 valence electrons. The van der Waals surface area contributed by atoms with Gasteiger partial charge in [-0.15, -0.1) is 12.3 Å². The van der Waals surface area contributed by atoms with Gasteiger partial charge in [-0.05, 0) is 12.0 Å². The van der Waals surface area contributed by atoms with E-state index in [0.717, 1.165) is 17.7 Å². The molecule has 0 saturated heterocycles. The third kappa shape index (κ3) is 3.72. The van der Waals surface area contributed by atoms with Crippen LogP contribution < -0.4 is 11.1 Å². The van der Waals surface area contributed by atoms with E-state index >= 15 is 0 Å². The maximum Gasteiger partial charge on any atom is 0.0512 e. The van der Waals surface area contributed by atoms with Gasteiger partial charge in [0.15, 0.2) is 0 Å². The molecule has 2 heteroatoms. The van der Waals surface area contributed by atoms with Crippen molar-refractivity contribution < 1.29 is 0 Å². The average molecular weight is 164 g/mol. The molecule has 0 aromatic carbocycles. The topological polar surface area (TPSA) is 38.0 Å². The Balaban J connectivity index is 4.42. The van der Waals surface area contributed by atoms with Crippen LogP contribution in [-0.2, 0) is 0 Å². The van der Waals surface area contributed by atoms with Crippen LogP contribution >= 0.6 is 0 Å². The molecule has 12 heavy (non-hydrogen) atoms. The van der Waals surface area contributed by atoms with Gasteiger partial charge >= 0.3 is 0 Å². The van der Waals surface area contributed by atoms with E-state index in [1.807, 2.05) is 13.1 Å². The molecule has 0 fully saturated rings. The standard InChI is InChI=1S/C10H16N2/c1-4-6-9(7-5-2)10(11)8-12-3/h1,7-8,12H,5-6,11H2,2-3H3/b9-7+,10-8-. The third-order valence-electron chi connectivity index (χ3n) is 1.41. The summed E-state index contributed by atoms with van der Waals surface area (Å²) >= 11 is 0. The minimum Gasteiger partial charge on any atom is -0.397 e. The number of nitrogens with one attached hydrogen (secondary N) is 1. The largest absolute Gasteiger partial charge is 0.397 e. The summed E-state index contributed by atoms with van der Waals surface area (Å²) in [7, 11) is 1.81. The second-order valence-corrected chi connectivity index (χ2v) is 2.41. The highest BCUT2D eigenvalue weighted by molar-refractivity contribution is 5.30. The Morgan fingerprint density at radius 1 is 1.67 bits per heavy atom. The Hall–Kier alpha value is -1.36. The molecule has 0 unspecified atom stereocenters. The third-order valence-corrected chi connectivity index (χ3v) is 1.41. The molecule has 0 amide bonds. The van der Waals surface area contributed by atoms with E-state index in [9.17, 15) is 0 Å². The lowest BCUT2D eigenvalue weighted by Crippen LogP contribution is -2.06. The summed E-state index contributed by atoms with van der Waals surface area (Å²) < 4.78 is 0. The van der Waals surface area contributed by atoms with Crippen LogP contribution in [0.25, 0.3) is 0 Å². The number of hydrogen-bond acceptors (Lipinski definition) is 2. The van der Waals surface area contributed by atoms with Crippen molar-refractivity contribution in [3.8, 4) is 12.3 Å². The summed E-state index contributed by atoms with van der Waals surface area (Å²) in [5.74, 6) is 2.58. The van der Waals surface area contributed by atoms with E-state index in [4.69, 9.17) is 12.2 Å². The van der Waals surface area contributed by atoms with E-state index in [1.54, 1.807) is 6.20 Å². The molecule has 0 saturated carbocycles. The van der Waals surface area contributed by atoms with Crippen LogP contribution in [-0.4, -0.2) is 7.05 Å². The Kier molecular flexibility index (Phi) is 5.64. The van der Waals surface area contributed by atoms with Gasteiger partial charge in [0.05, 0.1) is 5.70 Å². The van der Waals surface area contributed by atoms with Crippen molar-refractivity contribution in [1.29, 1.82) is 0 Å². The minimum absolute atomic E-state index is 0.595. The fraction of sp³-hybridized carbons (Fsp3) is 0.400. The zero-order valence-electron chi connectivity index (χ0n) is 7.72. The first-order valence-electron chi connectivity index (χ1n) is 4.02. The molecule has 0 aliphatic rings. The molecule has 0 aromatic rings. The smallest absolute Gasteiger partial charge is 0.0512 e. The maximum absolute atomic E-state index is 5.74. The molecule has 0 bridgehead atoms. The SMILES string of the molecule is C#CCC(=C\CC)/C(N)=C/NC. The van der Waals surface area contributed by atoms with Gasteiger partial charge in [-0.25, -0.2) is 0 Å². The molecule has 0 aliphatic heterocycles. The zero-order valence-corrected chi connectivity index (χ0v) is 7.72. The second-order valence-electron chi connectivity index (χ2n) is 2.41. The highest BCUT2D eigenvalue weighted by atomic mass is 14.8. The quantitative estimate of drug-likeness (QED) is 0.486. The van der Waals surface area contributed by atoms with Crippen LogP contribution in [0.15, 0.2) is 23.5 Å². The van der Waals surface area contributed by atoms with Crippen LogP contribution in [0.4, 0.5) is 0 Å². The average Bonchev–Trinajstić information content (AvgIpc) is 2.04. The van der Waals surface area contributed by atoms with E-state index < -0.39 is 0 Å². The second kappa shape index (κ2) is 6.36. The molecule has 0 spiro atoms. The highest BCUT2D eigenvalue weighted by Crippen LogP contribution is 2.08. The number of rotatable bonds is 4. The van der Waals surface area contributed by atoms with Crippen LogP contribution in [0.2, 0.25) is 0 Å². The fourth-order valence-electron chi connectivity index (χ4n) is 0.897. The van der Waals surface area contributed by atoms with E-state index in [2.05, 4.69) is 18.2 Å². The number of hydrogen-bond donors (Lipinski definition) is 2. The van der Waals surface area contributed by atoms with Gasteiger partial charge in [0.2, 0.25) is 0 Å². The van der Waals surface area contributed by atoms with Gasteiger partial charge in [0.25, 0.3) is 0 Å². The molecule has 0 radical (unpaired) electrons. The minimum atomic E-state index is 0.595. The van der Waals surface area contributed by atoms with Crippen LogP contribution in [0.3, 0.4) is 0 Å². The highest BCUT2D eigenvalue weighted by Gasteiger charge is 1.96. The normalized spacial score (nSPS) is 12.4. The van der Waals surface area contributed by atoms with Crippen LogP contribution in [0.1, 0.15) is 19.8 Å². The molecule has 2 nitrogen and oxygen atoms in total. The monoisotopic (exact) mass is 164 g/mol. The Morgan fingerprint density at radius 2 is 2.33 bits per heavy atom. The number of allylic oxidation sites excluding steroid dienone is 2. The maximum atomic E-state index is 5.74. The molecular formula is C10H16N2. The van der Waals surface area contributed by atoms with Gasteiger partial charge < -0.3 is 11.1 Å². The van der Waals surface area contributed by atoms with Gasteiger partial charge in [-0.1, -0.05) is 13.0 Å². The van der Waals surface area contributed by atoms with Crippen molar-refractivity contribution in [1.82, 2.24) is 5.32 Å². The molecule has 0 aliphatic carbocycles. The summed E-state index contributed by atoms with van der Waals surface area (Å²) in [5.41, 5.74) is 7.48. The molecule has 0 aromatic heterocycles. The summed E-state index contributed by atoms with van der Waals surface area (Å²) in [4.78, 5) is 0. The van der Waals surface area contributed by atoms with Crippen LogP contribution in [0, 0.1) is 12.3 Å². The van der Waals surface area contributed by atoms with E-state index in [1.165, 1.54) is 0 Å². The Labute approximate surface area is 74.5 Å². The Morgan fingerprint density at radius 3 is 2.75 bits per heavy atom. The summed E-state index contributed by atoms with van der Waals surface area (Å²) in [5, 5.41) is 2.87. The summed E-state index contributed by atoms with van der Waals surface area (Å²) in [6, 6.07) is 0. The lowest BCUT2D eigenvalue weighted by molar-refractivity contribution is 1.04. The van der Waals surface area contributed by atoms with Crippen molar-refractivity contribution in [2.75, 3.05) is 7.05 Å². The van der Waals surface area contributed by atoms with Crippen molar-refractivity contribution >= 4 is 0 Å². The van der Waals surface area contributed by atoms with Gasteiger partial charge in [0, 0.05) is 19.7 Å². The summed E-state index contributed by atoms with van der Waals surface area (Å²) in [6.45, 7) is 2.06. The number of nitrogens with two attached hydrogens (primary N) is 1. The predicted octanol–water partition coefficient (Wildman–Crippen LogP) is 1.37. The van der Waals surface area contributed by atoms with E-state index in [-0.39, 0.29) is 0 Å². The molecular weight excluding hydrogens is 148 g/mol.